The second kappa shape index (κ2) is 6.93. The zero-order valence-electron chi connectivity index (χ0n) is 11.1. The number of rotatable bonds is 5. The molecule has 0 aromatic carbocycles. The van der Waals surface area contributed by atoms with Gasteiger partial charge in [-0.1, -0.05) is 13.3 Å². The van der Waals surface area contributed by atoms with E-state index in [0.717, 1.165) is 43.2 Å². The van der Waals surface area contributed by atoms with Crippen molar-refractivity contribution < 1.29 is 0 Å². The summed E-state index contributed by atoms with van der Waals surface area (Å²) in [6.45, 7) is 3.28. The molecule has 1 aliphatic heterocycles. The highest BCUT2D eigenvalue weighted by molar-refractivity contribution is 6.17. The van der Waals surface area contributed by atoms with Crippen LogP contribution in [0, 0.1) is 0 Å². The van der Waals surface area contributed by atoms with Crippen molar-refractivity contribution in [2.24, 2.45) is 0 Å². The van der Waals surface area contributed by atoms with Crippen LogP contribution in [-0.2, 0) is 6.42 Å². The molecule has 1 saturated heterocycles. The van der Waals surface area contributed by atoms with E-state index in [1.165, 1.54) is 19.3 Å². The van der Waals surface area contributed by atoms with Crippen molar-refractivity contribution in [2.75, 3.05) is 17.3 Å². The molecule has 1 aromatic heterocycles. The lowest BCUT2D eigenvalue weighted by atomic mass is 10.00. The van der Waals surface area contributed by atoms with Crippen LogP contribution in [0.15, 0.2) is 12.4 Å². The minimum absolute atomic E-state index is 0.556. The molecule has 4 heteroatoms. The van der Waals surface area contributed by atoms with Crippen LogP contribution in [0.5, 0.6) is 0 Å². The standard InChI is InChI=1S/C14H22ClN3/c1-2-5-12-10-14(17-11-16-12)18-9-4-3-6-13(18)7-8-15/h10-11,13H,2-9H2,1H3. The van der Waals surface area contributed by atoms with Gasteiger partial charge in [-0.2, -0.15) is 0 Å². The second-order valence-corrected chi connectivity index (χ2v) is 5.32. The Kier molecular flexibility index (Phi) is 5.24. The van der Waals surface area contributed by atoms with Crippen LogP contribution in [0.25, 0.3) is 0 Å². The van der Waals surface area contributed by atoms with Gasteiger partial charge in [0.05, 0.1) is 0 Å². The van der Waals surface area contributed by atoms with Crippen LogP contribution in [0.2, 0.25) is 0 Å². The lowest BCUT2D eigenvalue weighted by molar-refractivity contribution is 0.448. The molecular weight excluding hydrogens is 246 g/mol. The van der Waals surface area contributed by atoms with E-state index >= 15 is 0 Å². The Morgan fingerprint density at radius 3 is 3.06 bits per heavy atom. The normalized spacial score (nSPS) is 20.1. The molecule has 0 amide bonds. The Labute approximate surface area is 115 Å². The highest BCUT2D eigenvalue weighted by Crippen LogP contribution is 2.25. The molecule has 1 aromatic rings. The van der Waals surface area contributed by atoms with Gasteiger partial charge >= 0.3 is 0 Å². The highest BCUT2D eigenvalue weighted by atomic mass is 35.5. The van der Waals surface area contributed by atoms with Gasteiger partial charge in [-0.15, -0.1) is 11.6 Å². The molecule has 0 bridgehead atoms. The van der Waals surface area contributed by atoms with Gasteiger partial charge in [-0.3, -0.25) is 0 Å². The summed E-state index contributed by atoms with van der Waals surface area (Å²) in [6, 6.07) is 2.70. The summed E-state index contributed by atoms with van der Waals surface area (Å²) >= 11 is 5.91. The Morgan fingerprint density at radius 2 is 2.28 bits per heavy atom. The number of aromatic nitrogens is 2. The van der Waals surface area contributed by atoms with Crippen LogP contribution in [0.4, 0.5) is 5.82 Å². The third kappa shape index (κ3) is 3.35. The first-order valence-corrected chi connectivity index (χ1v) is 7.52. The van der Waals surface area contributed by atoms with E-state index in [2.05, 4.69) is 27.9 Å². The van der Waals surface area contributed by atoms with Crippen molar-refractivity contribution in [3.63, 3.8) is 0 Å². The minimum atomic E-state index is 0.556. The molecule has 1 unspecified atom stereocenters. The first-order valence-electron chi connectivity index (χ1n) is 6.98. The zero-order valence-corrected chi connectivity index (χ0v) is 11.9. The van der Waals surface area contributed by atoms with Crippen molar-refractivity contribution in [3.8, 4) is 0 Å². The van der Waals surface area contributed by atoms with Gasteiger partial charge in [0, 0.05) is 30.2 Å². The number of alkyl halides is 1. The van der Waals surface area contributed by atoms with Crippen LogP contribution in [0.1, 0.15) is 44.7 Å². The molecule has 2 rings (SSSR count). The second-order valence-electron chi connectivity index (χ2n) is 4.94. The fourth-order valence-corrected chi connectivity index (χ4v) is 2.92. The molecule has 3 nitrogen and oxygen atoms in total. The topological polar surface area (TPSA) is 29.0 Å². The maximum absolute atomic E-state index is 5.91. The number of anilines is 1. The molecule has 1 aliphatic rings. The summed E-state index contributed by atoms with van der Waals surface area (Å²) in [6.07, 6.45) is 8.71. The van der Waals surface area contributed by atoms with Gasteiger partial charge in [-0.05, 0) is 32.1 Å². The third-order valence-corrected chi connectivity index (χ3v) is 3.80. The Balaban J connectivity index is 2.14. The van der Waals surface area contributed by atoms with Gasteiger partial charge in [0.1, 0.15) is 12.1 Å². The molecule has 0 N–H and O–H groups in total. The Bertz CT molecular complexity index is 368. The SMILES string of the molecule is CCCc1cc(N2CCCCC2CCCl)ncn1. The largest absolute Gasteiger partial charge is 0.353 e. The fraction of sp³-hybridized carbons (Fsp3) is 0.714. The molecule has 0 aliphatic carbocycles. The van der Waals surface area contributed by atoms with Gasteiger partial charge in [0.25, 0.3) is 0 Å². The maximum atomic E-state index is 5.91. The molecule has 1 fully saturated rings. The van der Waals surface area contributed by atoms with E-state index in [0.29, 0.717) is 6.04 Å². The van der Waals surface area contributed by atoms with Crippen molar-refractivity contribution in [1.29, 1.82) is 0 Å². The van der Waals surface area contributed by atoms with Gasteiger partial charge in [-0.25, -0.2) is 9.97 Å². The van der Waals surface area contributed by atoms with E-state index in [4.69, 9.17) is 11.6 Å². The predicted molar refractivity (Wildman–Crippen MR) is 76.3 cm³/mol. The molecule has 0 spiro atoms. The minimum Gasteiger partial charge on any atom is -0.353 e. The predicted octanol–water partition coefficient (Wildman–Crippen LogP) is 3.42. The summed E-state index contributed by atoms with van der Waals surface area (Å²) in [5, 5.41) is 0. The lowest BCUT2D eigenvalue weighted by Gasteiger charge is -2.36. The van der Waals surface area contributed by atoms with E-state index in [9.17, 15) is 0 Å². The van der Waals surface area contributed by atoms with E-state index < -0.39 is 0 Å². The van der Waals surface area contributed by atoms with Crippen molar-refractivity contribution in [2.45, 2.75) is 51.5 Å². The monoisotopic (exact) mass is 267 g/mol. The molecule has 0 radical (unpaired) electrons. The fourth-order valence-electron chi connectivity index (χ4n) is 2.66. The van der Waals surface area contributed by atoms with Gasteiger partial charge in [0.2, 0.25) is 0 Å². The summed E-state index contributed by atoms with van der Waals surface area (Å²) < 4.78 is 0. The number of hydrogen-bond donors (Lipinski definition) is 0. The summed E-state index contributed by atoms with van der Waals surface area (Å²) in [5.74, 6) is 1.82. The average molecular weight is 268 g/mol. The van der Waals surface area contributed by atoms with Gasteiger partial charge < -0.3 is 4.90 Å². The first-order chi connectivity index (χ1) is 8.85. The van der Waals surface area contributed by atoms with Crippen molar-refractivity contribution in [3.05, 3.63) is 18.1 Å². The smallest absolute Gasteiger partial charge is 0.132 e. The highest BCUT2D eigenvalue weighted by Gasteiger charge is 2.23. The molecular formula is C14H22ClN3. The Hall–Kier alpha value is -0.830. The van der Waals surface area contributed by atoms with E-state index in [1.54, 1.807) is 6.33 Å². The van der Waals surface area contributed by atoms with Crippen LogP contribution in [0.3, 0.4) is 0 Å². The average Bonchev–Trinajstić information content (AvgIpc) is 2.40. The summed E-state index contributed by atoms with van der Waals surface area (Å²) in [7, 11) is 0. The number of piperidine rings is 1. The maximum Gasteiger partial charge on any atom is 0.132 e. The third-order valence-electron chi connectivity index (χ3n) is 3.58. The van der Waals surface area contributed by atoms with Crippen LogP contribution in [-0.4, -0.2) is 28.4 Å². The molecule has 1 atom stereocenters. The van der Waals surface area contributed by atoms with Crippen molar-refractivity contribution in [1.82, 2.24) is 9.97 Å². The Morgan fingerprint density at radius 1 is 1.39 bits per heavy atom. The first kappa shape index (κ1) is 13.6. The molecule has 100 valence electrons. The van der Waals surface area contributed by atoms with Gasteiger partial charge in [0.15, 0.2) is 0 Å². The van der Waals surface area contributed by atoms with E-state index in [-0.39, 0.29) is 0 Å². The summed E-state index contributed by atoms with van der Waals surface area (Å²) in [4.78, 5) is 11.2. The number of hydrogen-bond acceptors (Lipinski definition) is 3. The van der Waals surface area contributed by atoms with Crippen LogP contribution < -0.4 is 4.90 Å². The molecule has 18 heavy (non-hydrogen) atoms. The quantitative estimate of drug-likeness (QED) is 0.766. The van der Waals surface area contributed by atoms with Crippen LogP contribution >= 0.6 is 11.6 Å². The lowest BCUT2D eigenvalue weighted by Crippen LogP contribution is -2.40. The number of halogens is 1. The van der Waals surface area contributed by atoms with Crippen molar-refractivity contribution >= 4 is 17.4 Å². The summed E-state index contributed by atoms with van der Waals surface area (Å²) in [5.41, 5.74) is 1.15. The zero-order chi connectivity index (χ0) is 12.8. The van der Waals surface area contributed by atoms with E-state index in [1.807, 2.05) is 0 Å². The number of aryl methyl sites for hydroxylation is 1. The molecule has 2 heterocycles. The number of nitrogens with zero attached hydrogens (tertiary/aromatic N) is 3. The molecule has 0 saturated carbocycles.